The molecule has 1 aromatic heterocycles. The molecule has 1 heterocycles. The van der Waals surface area contributed by atoms with Gasteiger partial charge in [-0.25, -0.2) is 0 Å². The van der Waals surface area contributed by atoms with Crippen LogP contribution < -0.4 is 5.32 Å². The number of ether oxygens (including phenoxy) is 2. The second-order valence-corrected chi connectivity index (χ2v) is 5.48. The van der Waals surface area contributed by atoms with Crippen LogP contribution in [0.5, 0.6) is 0 Å². The van der Waals surface area contributed by atoms with Crippen molar-refractivity contribution >= 4 is 0 Å². The molecule has 0 aromatic carbocycles. The van der Waals surface area contributed by atoms with E-state index in [2.05, 4.69) is 36.2 Å². The van der Waals surface area contributed by atoms with Gasteiger partial charge in [-0.15, -0.1) is 0 Å². The molecule has 0 radical (unpaired) electrons. The summed E-state index contributed by atoms with van der Waals surface area (Å²) in [5.74, 6) is 1.57. The van der Waals surface area contributed by atoms with Crippen molar-refractivity contribution in [2.75, 3.05) is 26.9 Å². The van der Waals surface area contributed by atoms with Crippen molar-refractivity contribution in [3.63, 3.8) is 0 Å². The van der Waals surface area contributed by atoms with Gasteiger partial charge in [0.2, 0.25) is 11.7 Å². The predicted octanol–water partition coefficient (Wildman–Crippen LogP) is 2.36. The molecule has 0 aliphatic heterocycles. The lowest BCUT2D eigenvalue weighted by Crippen LogP contribution is -2.35. The zero-order chi connectivity index (χ0) is 15.7. The fourth-order valence-corrected chi connectivity index (χ4v) is 2.16. The lowest BCUT2D eigenvalue weighted by atomic mass is 10.1. The van der Waals surface area contributed by atoms with E-state index in [4.69, 9.17) is 14.0 Å². The Morgan fingerprint density at radius 1 is 1.29 bits per heavy atom. The number of hydrogen-bond acceptors (Lipinski definition) is 6. The lowest BCUT2D eigenvalue weighted by Gasteiger charge is -2.16. The van der Waals surface area contributed by atoms with Crippen molar-refractivity contribution in [1.82, 2.24) is 15.5 Å². The quantitative estimate of drug-likeness (QED) is 0.676. The Bertz CT molecular complexity index is 382. The Morgan fingerprint density at radius 2 is 2.05 bits per heavy atom. The Labute approximate surface area is 127 Å². The first-order valence-electron chi connectivity index (χ1n) is 7.78. The van der Waals surface area contributed by atoms with Gasteiger partial charge >= 0.3 is 0 Å². The maximum atomic E-state index is 5.69. The minimum absolute atomic E-state index is 0.114. The maximum Gasteiger partial charge on any atom is 0.228 e. The molecule has 1 rings (SSSR count). The van der Waals surface area contributed by atoms with Crippen molar-refractivity contribution in [3.05, 3.63) is 11.7 Å². The summed E-state index contributed by atoms with van der Waals surface area (Å²) in [5, 5.41) is 7.49. The number of nitrogens with one attached hydrogen (secondary N) is 1. The number of rotatable bonds is 11. The molecule has 0 bridgehead atoms. The third-order valence-corrected chi connectivity index (χ3v) is 3.16. The highest BCUT2D eigenvalue weighted by Crippen LogP contribution is 2.23. The topological polar surface area (TPSA) is 69.4 Å². The first kappa shape index (κ1) is 18.1. The Kier molecular flexibility index (Phi) is 8.49. The fourth-order valence-electron chi connectivity index (χ4n) is 2.16. The van der Waals surface area contributed by atoms with E-state index in [-0.39, 0.29) is 12.1 Å². The number of hydrogen-bond donors (Lipinski definition) is 1. The van der Waals surface area contributed by atoms with Gasteiger partial charge in [0.05, 0.1) is 6.61 Å². The van der Waals surface area contributed by atoms with E-state index in [1.165, 1.54) is 0 Å². The smallest absolute Gasteiger partial charge is 0.228 e. The van der Waals surface area contributed by atoms with Crippen LogP contribution in [0.25, 0.3) is 0 Å². The molecule has 1 N–H and O–H groups in total. The van der Waals surface area contributed by atoms with Crippen molar-refractivity contribution in [1.29, 1.82) is 0 Å². The zero-order valence-corrected chi connectivity index (χ0v) is 13.9. The van der Waals surface area contributed by atoms with Crippen LogP contribution in [0, 0.1) is 5.92 Å². The van der Waals surface area contributed by atoms with Gasteiger partial charge in [-0.2, -0.15) is 4.98 Å². The van der Waals surface area contributed by atoms with E-state index in [9.17, 15) is 0 Å². The van der Waals surface area contributed by atoms with Crippen molar-refractivity contribution in [3.8, 4) is 0 Å². The third kappa shape index (κ3) is 6.11. The van der Waals surface area contributed by atoms with Gasteiger partial charge in [0.25, 0.3) is 0 Å². The highest BCUT2D eigenvalue weighted by molar-refractivity contribution is 4.94. The molecule has 0 saturated heterocycles. The molecule has 2 unspecified atom stereocenters. The normalized spacial score (nSPS) is 14.6. The van der Waals surface area contributed by atoms with E-state index in [1.807, 2.05) is 6.92 Å². The third-order valence-electron chi connectivity index (χ3n) is 3.16. The lowest BCUT2D eigenvalue weighted by molar-refractivity contribution is 0.0217. The summed E-state index contributed by atoms with van der Waals surface area (Å²) in [6.07, 6.45) is 1.63. The van der Waals surface area contributed by atoms with Crippen LogP contribution in [0.1, 0.15) is 51.9 Å². The van der Waals surface area contributed by atoms with Gasteiger partial charge in [-0.05, 0) is 25.8 Å². The highest BCUT2D eigenvalue weighted by Gasteiger charge is 2.23. The van der Waals surface area contributed by atoms with E-state index < -0.39 is 0 Å². The molecule has 0 saturated carbocycles. The van der Waals surface area contributed by atoms with Gasteiger partial charge in [-0.3, -0.25) is 0 Å². The van der Waals surface area contributed by atoms with Crippen LogP contribution in [-0.2, 0) is 15.9 Å². The van der Waals surface area contributed by atoms with Gasteiger partial charge in [-0.1, -0.05) is 25.9 Å². The molecular formula is C15H29N3O3. The summed E-state index contributed by atoms with van der Waals surface area (Å²) >= 11 is 0. The molecule has 6 heteroatoms. The zero-order valence-electron chi connectivity index (χ0n) is 13.9. The molecule has 0 amide bonds. The molecule has 0 fully saturated rings. The molecule has 21 heavy (non-hydrogen) atoms. The van der Waals surface area contributed by atoms with Gasteiger partial charge in [0, 0.05) is 26.2 Å². The minimum atomic E-state index is -0.114. The number of methoxy groups -OCH3 is 1. The molecule has 6 nitrogen and oxygen atoms in total. The monoisotopic (exact) mass is 299 g/mol. The van der Waals surface area contributed by atoms with Crippen molar-refractivity contribution in [2.45, 2.75) is 52.7 Å². The molecule has 0 spiro atoms. The Morgan fingerprint density at radius 3 is 2.62 bits per heavy atom. The summed E-state index contributed by atoms with van der Waals surface area (Å²) in [4.78, 5) is 4.48. The van der Waals surface area contributed by atoms with Gasteiger partial charge < -0.3 is 19.3 Å². The van der Waals surface area contributed by atoms with Crippen LogP contribution >= 0.6 is 0 Å². The number of nitrogens with zero attached hydrogens (tertiary/aromatic N) is 2. The average Bonchev–Trinajstić information content (AvgIpc) is 2.90. The van der Waals surface area contributed by atoms with Gasteiger partial charge in [0.1, 0.15) is 6.10 Å². The Balaban J connectivity index is 2.67. The largest absolute Gasteiger partial charge is 0.383 e. The molecule has 0 aliphatic carbocycles. The van der Waals surface area contributed by atoms with Crippen LogP contribution in [0.15, 0.2) is 4.52 Å². The number of aromatic nitrogens is 2. The second kappa shape index (κ2) is 9.87. The fraction of sp³-hybridized carbons (Fsp3) is 0.867. The van der Waals surface area contributed by atoms with Crippen LogP contribution in [0.3, 0.4) is 0 Å². The van der Waals surface area contributed by atoms with Gasteiger partial charge in [0.15, 0.2) is 0 Å². The average molecular weight is 299 g/mol. The summed E-state index contributed by atoms with van der Waals surface area (Å²) in [7, 11) is 1.70. The summed E-state index contributed by atoms with van der Waals surface area (Å²) < 4.78 is 16.3. The molecule has 2 atom stereocenters. The minimum Gasteiger partial charge on any atom is -0.383 e. The highest BCUT2D eigenvalue weighted by atomic mass is 16.5. The second-order valence-electron chi connectivity index (χ2n) is 5.48. The van der Waals surface area contributed by atoms with E-state index in [1.54, 1.807) is 7.11 Å². The maximum absolute atomic E-state index is 5.69. The predicted molar refractivity (Wildman–Crippen MR) is 81.2 cm³/mol. The van der Waals surface area contributed by atoms with Crippen LogP contribution in [0.4, 0.5) is 0 Å². The molecular weight excluding hydrogens is 270 g/mol. The molecule has 1 aromatic rings. The first-order chi connectivity index (χ1) is 10.1. The molecule has 0 aliphatic rings. The van der Waals surface area contributed by atoms with E-state index in [0.29, 0.717) is 37.3 Å². The van der Waals surface area contributed by atoms with E-state index >= 15 is 0 Å². The van der Waals surface area contributed by atoms with E-state index in [0.717, 1.165) is 13.0 Å². The Hall–Kier alpha value is -0.980. The first-order valence-corrected chi connectivity index (χ1v) is 7.78. The van der Waals surface area contributed by atoms with Crippen molar-refractivity contribution in [2.24, 2.45) is 5.92 Å². The summed E-state index contributed by atoms with van der Waals surface area (Å²) in [6.45, 7) is 10.5. The summed E-state index contributed by atoms with van der Waals surface area (Å²) in [6, 6.07) is 0.188. The summed E-state index contributed by atoms with van der Waals surface area (Å²) in [5.41, 5.74) is 0. The van der Waals surface area contributed by atoms with Crippen LogP contribution in [0.2, 0.25) is 0 Å². The molecule has 122 valence electrons. The standard InChI is InChI=1S/C15H29N3O3/c1-6-8-16-12(10-19-5)9-13-17-15(18-21-13)14(11(3)4)20-7-2/h11-12,14,16H,6-10H2,1-5H3. The SMILES string of the molecule is CCCNC(COC)Cc1nc(C(OCC)C(C)C)no1. The van der Waals surface area contributed by atoms with Crippen molar-refractivity contribution < 1.29 is 14.0 Å². The van der Waals surface area contributed by atoms with Crippen LogP contribution in [-0.4, -0.2) is 43.1 Å².